The number of methoxy groups -OCH3 is 1. The van der Waals surface area contributed by atoms with Gasteiger partial charge in [-0.15, -0.1) is 0 Å². The lowest BCUT2D eigenvalue weighted by Crippen LogP contribution is -2.50. The number of sulfone groups is 1. The Morgan fingerprint density at radius 3 is 2.41 bits per heavy atom. The molecule has 1 aliphatic rings. The van der Waals surface area contributed by atoms with E-state index in [-0.39, 0.29) is 33.6 Å². The predicted molar refractivity (Wildman–Crippen MR) is 185 cm³/mol. The maximum absolute atomic E-state index is 13.3. The smallest absolute Gasteiger partial charge is 0.415 e. The number of nitrogens with one attached hydrogen (secondary N) is 1. The zero-order valence-electron chi connectivity index (χ0n) is 27.3. The van der Waals surface area contributed by atoms with E-state index < -0.39 is 20.7 Å². The lowest BCUT2D eigenvalue weighted by molar-refractivity contribution is -0.832. The van der Waals surface area contributed by atoms with Crippen LogP contribution in [-0.2, 0) is 14.6 Å². The van der Waals surface area contributed by atoms with Crippen molar-refractivity contribution in [3.05, 3.63) is 95.7 Å². The van der Waals surface area contributed by atoms with Crippen LogP contribution in [0, 0.1) is 16.5 Å². The molecule has 0 unspecified atom stereocenters. The Hall–Kier alpha value is -5.70. The first kappa shape index (κ1) is 35.1. The third kappa shape index (κ3) is 8.04. The molecule has 0 atom stereocenters. The van der Waals surface area contributed by atoms with Gasteiger partial charge in [-0.25, -0.2) is 18.4 Å². The highest BCUT2D eigenvalue weighted by atomic mass is 32.2. The van der Waals surface area contributed by atoms with Gasteiger partial charge in [0.05, 0.1) is 34.3 Å². The van der Waals surface area contributed by atoms with E-state index in [0.717, 1.165) is 5.56 Å². The third-order valence-corrected chi connectivity index (χ3v) is 10.5. The van der Waals surface area contributed by atoms with E-state index in [1.54, 1.807) is 36.3 Å². The highest BCUT2D eigenvalue weighted by Crippen LogP contribution is 2.33. The number of hydrogen-bond donors (Lipinski definition) is 1. The van der Waals surface area contributed by atoms with Crippen LogP contribution in [0.15, 0.2) is 105 Å². The van der Waals surface area contributed by atoms with Gasteiger partial charge in [-0.2, -0.15) is 5.26 Å². The molecule has 1 aliphatic heterocycles. The van der Waals surface area contributed by atoms with E-state index in [2.05, 4.69) is 36.0 Å². The summed E-state index contributed by atoms with van der Waals surface area (Å²) in [6.45, 7) is 2.46. The highest BCUT2D eigenvalue weighted by Gasteiger charge is 2.36. The van der Waals surface area contributed by atoms with Crippen molar-refractivity contribution in [2.24, 2.45) is 0 Å². The number of amides is 1. The molecule has 15 nitrogen and oxygen atoms in total. The second-order valence-corrected chi connectivity index (χ2v) is 13.9. The second kappa shape index (κ2) is 15.9. The minimum absolute atomic E-state index is 0.0403. The molecule has 0 aliphatic carbocycles. The molecule has 6 rings (SSSR count). The number of hydrogen-bond acceptors (Lipinski definition) is 14. The molecule has 1 amide bonds. The molecule has 262 valence electrons. The van der Waals surface area contributed by atoms with Crippen molar-refractivity contribution in [3.63, 3.8) is 0 Å². The number of para-hydroxylation sites is 2. The van der Waals surface area contributed by atoms with Gasteiger partial charge < -0.3 is 24.9 Å². The largest absolute Gasteiger partial charge is 0.495 e. The molecule has 0 spiro atoms. The number of rotatable bonds is 13. The van der Waals surface area contributed by atoms with E-state index in [1.165, 1.54) is 23.9 Å². The van der Waals surface area contributed by atoms with Crippen LogP contribution in [0.4, 0.5) is 11.5 Å². The Kier molecular flexibility index (Phi) is 10.9. The average Bonchev–Trinajstić information content (AvgIpc) is 3.55. The second-order valence-electron chi connectivity index (χ2n) is 11.1. The fraction of sp³-hybridized carbons (Fsp3) is 0.235. The predicted octanol–water partition coefficient (Wildman–Crippen LogP) is 3.54. The van der Waals surface area contributed by atoms with Crippen LogP contribution in [0.25, 0.3) is 11.3 Å². The summed E-state index contributed by atoms with van der Waals surface area (Å²) >= 11 is 1.18. The minimum atomic E-state index is -4.22. The third-order valence-electron chi connectivity index (χ3n) is 7.96. The fourth-order valence-electron chi connectivity index (χ4n) is 5.33. The van der Waals surface area contributed by atoms with Gasteiger partial charge in [-0.1, -0.05) is 72.4 Å². The van der Waals surface area contributed by atoms with Crippen LogP contribution in [0.3, 0.4) is 0 Å². The Morgan fingerprint density at radius 1 is 1.02 bits per heavy atom. The van der Waals surface area contributed by atoms with Crippen molar-refractivity contribution in [3.8, 4) is 29.0 Å². The van der Waals surface area contributed by atoms with E-state index in [4.69, 9.17) is 9.47 Å². The maximum Gasteiger partial charge on any atom is 0.415 e. The molecule has 0 radical (unpaired) electrons. The molecule has 2 aromatic heterocycles. The molecule has 3 heterocycles. The summed E-state index contributed by atoms with van der Waals surface area (Å²) in [6.07, 6.45) is 0. The van der Waals surface area contributed by atoms with Crippen LogP contribution in [0.2, 0.25) is 0 Å². The minimum Gasteiger partial charge on any atom is -0.495 e. The lowest BCUT2D eigenvalue weighted by atomic mass is 10.1. The van der Waals surface area contributed by atoms with E-state index in [1.807, 2.05) is 48.5 Å². The molecule has 51 heavy (non-hydrogen) atoms. The summed E-state index contributed by atoms with van der Waals surface area (Å²) in [5.41, 5.74) is 2.05. The Bertz CT molecular complexity index is 2140. The molecule has 1 fully saturated rings. The van der Waals surface area contributed by atoms with E-state index in [9.17, 15) is 23.7 Å². The van der Waals surface area contributed by atoms with Crippen LogP contribution in [0.5, 0.6) is 11.6 Å². The Morgan fingerprint density at radius 2 is 1.71 bits per heavy atom. The van der Waals surface area contributed by atoms with Crippen LogP contribution in [0.1, 0.15) is 5.56 Å². The standard InChI is InChI=1S/C34H32N8O7S2/c1-47-28-15-9-8-14-27(28)36-31-26(22-35)30(24-10-4-2-5-11-24)37-34(38-31)50-23-29(43)41-18-16-40(17-19-41)20-21-48-32-33(42(44)49-39-32)51(45,46)25-12-6-3-7-13-25/h2-15H,16-21,23H2,1H3,(H,36,37,38). The topological polar surface area (TPSA) is 191 Å². The lowest BCUT2D eigenvalue weighted by Gasteiger charge is -2.34. The van der Waals surface area contributed by atoms with E-state index in [0.29, 0.717) is 60.8 Å². The summed E-state index contributed by atoms with van der Waals surface area (Å²) in [4.78, 5) is 26.1. The molecule has 5 aromatic rings. The summed E-state index contributed by atoms with van der Waals surface area (Å²) < 4.78 is 41.6. The van der Waals surface area contributed by atoms with Crippen molar-refractivity contribution < 1.29 is 32.2 Å². The summed E-state index contributed by atoms with van der Waals surface area (Å²) in [7, 11) is -2.66. The average molecular weight is 729 g/mol. The van der Waals surface area contributed by atoms with Gasteiger partial charge in [0.25, 0.3) is 9.84 Å². The Labute approximate surface area is 297 Å². The zero-order chi connectivity index (χ0) is 35.8. The first-order valence-corrected chi connectivity index (χ1v) is 18.2. The quantitative estimate of drug-likeness (QED) is 0.105. The number of anilines is 2. The molecule has 17 heteroatoms. The van der Waals surface area contributed by atoms with Crippen molar-refractivity contribution in [1.82, 2.24) is 24.9 Å². The summed E-state index contributed by atoms with van der Waals surface area (Å²) in [5, 5.41) is 28.6. The van der Waals surface area contributed by atoms with Gasteiger partial charge in [0.15, 0.2) is 11.0 Å². The number of benzene rings is 3. The van der Waals surface area contributed by atoms with Gasteiger partial charge in [0.1, 0.15) is 24.0 Å². The van der Waals surface area contributed by atoms with Gasteiger partial charge >= 0.3 is 10.9 Å². The van der Waals surface area contributed by atoms with E-state index >= 15 is 0 Å². The Balaban J connectivity index is 1.06. The molecule has 0 saturated carbocycles. The maximum atomic E-state index is 13.3. The number of piperazine rings is 1. The number of carbonyl (C=O) groups excluding carboxylic acids is 1. The highest BCUT2D eigenvalue weighted by molar-refractivity contribution is 7.99. The summed E-state index contributed by atoms with van der Waals surface area (Å²) in [6, 6.07) is 26.3. The van der Waals surface area contributed by atoms with Crippen molar-refractivity contribution in [2.75, 3.05) is 57.5 Å². The molecule has 0 bridgehead atoms. The number of nitriles is 1. The van der Waals surface area contributed by atoms with Gasteiger partial charge in [0.2, 0.25) is 5.91 Å². The number of thioether (sulfide) groups is 1. The number of ether oxygens (including phenoxy) is 2. The fourth-order valence-corrected chi connectivity index (χ4v) is 7.37. The molecular weight excluding hydrogens is 697 g/mol. The number of nitrogens with zero attached hydrogens (tertiary/aromatic N) is 7. The van der Waals surface area contributed by atoms with Crippen LogP contribution < -0.4 is 19.7 Å². The van der Waals surface area contributed by atoms with Crippen molar-refractivity contribution in [1.29, 1.82) is 5.26 Å². The molecule has 3 aromatic carbocycles. The SMILES string of the molecule is COc1ccccc1Nc1nc(SCC(=O)N2CCN(CCOc3no[n+]([O-])c3S(=O)(=O)c3ccccc3)CC2)nc(-c2ccccc2)c1C#N. The van der Waals surface area contributed by atoms with Crippen molar-refractivity contribution >= 4 is 39.0 Å². The van der Waals surface area contributed by atoms with Crippen LogP contribution in [-0.4, -0.2) is 91.4 Å². The zero-order valence-corrected chi connectivity index (χ0v) is 29.0. The molecule has 1 saturated heterocycles. The van der Waals surface area contributed by atoms with Gasteiger partial charge in [-0.05, 0) is 29.2 Å². The molecule has 1 N–H and O–H groups in total. The monoisotopic (exact) mass is 728 g/mol. The molecular formula is C34H32N8O7S2. The first-order chi connectivity index (χ1) is 24.8. The number of carbonyl (C=O) groups is 1. The number of aromatic nitrogens is 4. The first-order valence-electron chi connectivity index (χ1n) is 15.7. The van der Waals surface area contributed by atoms with Crippen molar-refractivity contribution in [2.45, 2.75) is 15.1 Å². The summed E-state index contributed by atoms with van der Waals surface area (Å²) in [5.74, 6) is 0.439. The van der Waals surface area contributed by atoms with Gasteiger partial charge in [0, 0.05) is 38.3 Å². The normalized spacial score (nSPS) is 13.4. The van der Waals surface area contributed by atoms with Gasteiger partial charge in [-0.3, -0.25) is 14.3 Å². The van der Waals surface area contributed by atoms with Crippen LogP contribution >= 0.6 is 11.8 Å².